The highest BCUT2D eigenvalue weighted by atomic mass is 16.5. The molecule has 4 nitrogen and oxygen atoms in total. The lowest BCUT2D eigenvalue weighted by molar-refractivity contribution is 0.0698. The van der Waals surface area contributed by atoms with Gasteiger partial charge in [0.25, 0.3) is 0 Å². The van der Waals surface area contributed by atoms with Gasteiger partial charge in [0.15, 0.2) is 0 Å². The topological polar surface area (TPSA) is 59.4 Å². The van der Waals surface area contributed by atoms with E-state index in [1.54, 1.807) is 18.2 Å². The molecule has 3 aromatic rings. The van der Waals surface area contributed by atoms with Crippen LogP contribution in [0.2, 0.25) is 0 Å². The average Bonchev–Trinajstić information content (AvgIpc) is 2.55. The summed E-state index contributed by atoms with van der Waals surface area (Å²) in [5.74, 6) is -0.640. The molecule has 0 radical (unpaired) electrons. The second-order valence-electron chi connectivity index (χ2n) is 4.91. The highest BCUT2D eigenvalue weighted by molar-refractivity contribution is 6.02. The van der Waals surface area contributed by atoms with Crippen molar-refractivity contribution in [2.75, 3.05) is 6.61 Å². The minimum absolute atomic E-state index is 0.209. The second-order valence-corrected chi connectivity index (χ2v) is 4.91. The molecule has 0 aliphatic carbocycles. The molecule has 3 rings (SSSR count). The van der Waals surface area contributed by atoms with Crippen molar-refractivity contribution in [3.63, 3.8) is 0 Å². The van der Waals surface area contributed by atoms with Crippen molar-refractivity contribution in [2.45, 2.75) is 6.42 Å². The standard InChI is InChI=1S/C18H15NO3/c20-18(21)15-12-17(19-16-9-5-4-8-14(15)16)22-11-10-13-6-2-1-3-7-13/h1-9,12H,10-11H2,(H,20,21). The second kappa shape index (κ2) is 6.26. The van der Waals surface area contributed by atoms with Crippen molar-refractivity contribution in [1.82, 2.24) is 4.98 Å². The number of aromatic nitrogens is 1. The van der Waals surface area contributed by atoms with E-state index >= 15 is 0 Å². The normalized spacial score (nSPS) is 10.5. The molecule has 1 N–H and O–H groups in total. The summed E-state index contributed by atoms with van der Waals surface area (Å²) in [4.78, 5) is 15.7. The SMILES string of the molecule is O=C(O)c1cc(OCCc2ccccc2)nc2ccccc12. The molecule has 4 heteroatoms. The molecule has 2 aromatic carbocycles. The zero-order chi connectivity index (χ0) is 15.4. The number of aromatic carboxylic acids is 1. The molecule has 0 atom stereocenters. The predicted molar refractivity (Wildman–Crippen MR) is 84.3 cm³/mol. The third-order valence-electron chi connectivity index (χ3n) is 3.41. The summed E-state index contributed by atoms with van der Waals surface area (Å²) in [7, 11) is 0. The number of hydrogen-bond acceptors (Lipinski definition) is 3. The van der Waals surface area contributed by atoms with Crippen LogP contribution in [0.25, 0.3) is 10.9 Å². The fraction of sp³-hybridized carbons (Fsp3) is 0.111. The zero-order valence-electron chi connectivity index (χ0n) is 11.9. The monoisotopic (exact) mass is 293 g/mol. The molecule has 0 spiro atoms. The number of para-hydroxylation sites is 1. The number of carboxylic acids is 1. The lowest BCUT2D eigenvalue weighted by Crippen LogP contribution is -2.05. The molecule has 0 aliphatic heterocycles. The summed E-state index contributed by atoms with van der Waals surface area (Å²) in [6.07, 6.45) is 0.748. The van der Waals surface area contributed by atoms with E-state index < -0.39 is 5.97 Å². The molecule has 0 aliphatic rings. The lowest BCUT2D eigenvalue weighted by Gasteiger charge is -2.08. The van der Waals surface area contributed by atoms with Gasteiger partial charge in [-0.25, -0.2) is 9.78 Å². The van der Waals surface area contributed by atoms with Crippen molar-refractivity contribution in [3.05, 3.63) is 71.8 Å². The van der Waals surface area contributed by atoms with Crippen LogP contribution >= 0.6 is 0 Å². The Hall–Kier alpha value is -2.88. The van der Waals surface area contributed by atoms with E-state index in [0.717, 1.165) is 6.42 Å². The Morgan fingerprint density at radius 3 is 2.55 bits per heavy atom. The van der Waals surface area contributed by atoms with Gasteiger partial charge in [-0.2, -0.15) is 0 Å². The van der Waals surface area contributed by atoms with Crippen LogP contribution in [0.5, 0.6) is 5.88 Å². The van der Waals surface area contributed by atoms with E-state index in [2.05, 4.69) is 4.98 Å². The third kappa shape index (κ3) is 3.06. The molecule has 0 unspecified atom stereocenters. The van der Waals surface area contributed by atoms with Crippen molar-refractivity contribution in [1.29, 1.82) is 0 Å². The van der Waals surface area contributed by atoms with Crippen LogP contribution in [0.15, 0.2) is 60.7 Å². The van der Waals surface area contributed by atoms with Gasteiger partial charge in [0.2, 0.25) is 5.88 Å². The maximum absolute atomic E-state index is 11.4. The quantitative estimate of drug-likeness (QED) is 0.781. The Morgan fingerprint density at radius 2 is 1.77 bits per heavy atom. The van der Waals surface area contributed by atoms with Gasteiger partial charge in [0, 0.05) is 17.9 Å². The number of ether oxygens (including phenoxy) is 1. The molecule has 0 bridgehead atoms. The summed E-state index contributed by atoms with van der Waals surface area (Å²) >= 11 is 0. The molecule has 110 valence electrons. The number of benzene rings is 2. The largest absolute Gasteiger partial charge is 0.478 e. The molecule has 0 amide bonds. The van der Waals surface area contributed by atoms with E-state index in [4.69, 9.17) is 4.74 Å². The summed E-state index contributed by atoms with van der Waals surface area (Å²) in [6.45, 7) is 0.453. The number of carbonyl (C=O) groups is 1. The maximum atomic E-state index is 11.4. The zero-order valence-corrected chi connectivity index (χ0v) is 11.9. The number of nitrogens with zero attached hydrogens (tertiary/aromatic N) is 1. The minimum atomic E-state index is -0.980. The van der Waals surface area contributed by atoms with Crippen LogP contribution in [0, 0.1) is 0 Å². The van der Waals surface area contributed by atoms with Gasteiger partial charge < -0.3 is 9.84 Å². The molecule has 0 fully saturated rings. The van der Waals surface area contributed by atoms with E-state index in [1.165, 1.54) is 11.6 Å². The molecule has 22 heavy (non-hydrogen) atoms. The number of pyridine rings is 1. The third-order valence-corrected chi connectivity index (χ3v) is 3.41. The lowest BCUT2D eigenvalue weighted by atomic mass is 10.1. The first-order valence-electron chi connectivity index (χ1n) is 7.04. The van der Waals surface area contributed by atoms with Gasteiger partial charge >= 0.3 is 5.97 Å². The Kier molecular flexibility index (Phi) is 4.01. The number of hydrogen-bond donors (Lipinski definition) is 1. The number of carboxylic acid groups (broad SMARTS) is 1. The molecular formula is C18H15NO3. The van der Waals surface area contributed by atoms with Gasteiger partial charge in [-0.05, 0) is 11.6 Å². The van der Waals surface area contributed by atoms with Crippen molar-refractivity contribution in [3.8, 4) is 5.88 Å². The van der Waals surface area contributed by atoms with Gasteiger partial charge in [-0.1, -0.05) is 48.5 Å². The Morgan fingerprint density at radius 1 is 1.05 bits per heavy atom. The van der Waals surface area contributed by atoms with E-state index in [1.807, 2.05) is 36.4 Å². The Balaban J connectivity index is 1.80. The van der Waals surface area contributed by atoms with E-state index in [-0.39, 0.29) is 5.56 Å². The minimum Gasteiger partial charge on any atom is -0.478 e. The molecule has 0 saturated heterocycles. The van der Waals surface area contributed by atoms with E-state index in [0.29, 0.717) is 23.4 Å². The Bertz CT molecular complexity index is 800. The van der Waals surface area contributed by atoms with Crippen LogP contribution in [-0.2, 0) is 6.42 Å². The van der Waals surface area contributed by atoms with Gasteiger partial charge in [0.1, 0.15) is 0 Å². The van der Waals surface area contributed by atoms with Crippen LogP contribution in [-0.4, -0.2) is 22.7 Å². The summed E-state index contributed by atoms with van der Waals surface area (Å²) < 4.78 is 5.63. The van der Waals surface area contributed by atoms with E-state index in [9.17, 15) is 9.90 Å². The predicted octanol–water partition coefficient (Wildman–Crippen LogP) is 3.55. The maximum Gasteiger partial charge on any atom is 0.336 e. The first kappa shape index (κ1) is 14.1. The van der Waals surface area contributed by atoms with Crippen molar-refractivity contribution >= 4 is 16.9 Å². The van der Waals surface area contributed by atoms with Gasteiger partial charge in [0.05, 0.1) is 17.7 Å². The smallest absolute Gasteiger partial charge is 0.336 e. The Labute approximate surface area is 128 Å². The van der Waals surface area contributed by atoms with Crippen molar-refractivity contribution < 1.29 is 14.6 Å². The van der Waals surface area contributed by atoms with Crippen LogP contribution < -0.4 is 4.74 Å². The summed E-state index contributed by atoms with van der Waals surface area (Å²) in [5, 5.41) is 9.94. The fourth-order valence-corrected chi connectivity index (χ4v) is 2.32. The molecule has 1 aromatic heterocycles. The first-order chi connectivity index (χ1) is 10.7. The summed E-state index contributed by atoms with van der Waals surface area (Å²) in [6, 6.07) is 18.6. The molecule has 1 heterocycles. The van der Waals surface area contributed by atoms with Crippen LogP contribution in [0.4, 0.5) is 0 Å². The molecule has 0 saturated carbocycles. The molecular weight excluding hydrogens is 278 g/mol. The first-order valence-corrected chi connectivity index (χ1v) is 7.04. The number of fused-ring (bicyclic) bond motifs is 1. The highest BCUT2D eigenvalue weighted by Gasteiger charge is 2.12. The van der Waals surface area contributed by atoms with Crippen LogP contribution in [0.3, 0.4) is 0 Å². The average molecular weight is 293 g/mol. The number of rotatable bonds is 5. The fourth-order valence-electron chi connectivity index (χ4n) is 2.32. The van der Waals surface area contributed by atoms with Crippen LogP contribution in [0.1, 0.15) is 15.9 Å². The van der Waals surface area contributed by atoms with Crippen molar-refractivity contribution in [2.24, 2.45) is 0 Å². The van der Waals surface area contributed by atoms with Gasteiger partial charge in [-0.3, -0.25) is 0 Å². The summed E-state index contributed by atoms with van der Waals surface area (Å²) in [5.41, 5.74) is 2.00. The van der Waals surface area contributed by atoms with Gasteiger partial charge in [-0.15, -0.1) is 0 Å². The highest BCUT2D eigenvalue weighted by Crippen LogP contribution is 2.22.